The van der Waals surface area contributed by atoms with Gasteiger partial charge in [0.25, 0.3) is 0 Å². The predicted molar refractivity (Wildman–Crippen MR) is 62.1 cm³/mol. The Kier molecular flexibility index (Phi) is 3.82. The molecule has 0 spiro atoms. The molecule has 92 valence electrons. The SMILES string of the molecule is CCOC1CC1C(=O)NC1CNCCC1C. The molecular formula is C12H22N2O2. The van der Waals surface area contributed by atoms with E-state index in [2.05, 4.69) is 17.6 Å². The van der Waals surface area contributed by atoms with Crippen LogP contribution in [-0.2, 0) is 9.53 Å². The van der Waals surface area contributed by atoms with Crippen LogP contribution in [0.1, 0.15) is 26.7 Å². The van der Waals surface area contributed by atoms with Crippen LogP contribution < -0.4 is 10.6 Å². The molecule has 1 saturated carbocycles. The van der Waals surface area contributed by atoms with Crippen LogP contribution in [0.15, 0.2) is 0 Å². The summed E-state index contributed by atoms with van der Waals surface area (Å²) in [6, 6.07) is 0.295. The van der Waals surface area contributed by atoms with E-state index >= 15 is 0 Å². The zero-order valence-corrected chi connectivity index (χ0v) is 10.2. The quantitative estimate of drug-likeness (QED) is 0.735. The molecule has 2 rings (SSSR count). The fourth-order valence-corrected chi connectivity index (χ4v) is 2.32. The number of piperidine rings is 1. The van der Waals surface area contributed by atoms with Gasteiger partial charge in [0.2, 0.25) is 5.91 Å². The first kappa shape index (κ1) is 11.9. The Morgan fingerprint density at radius 3 is 3.06 bits per heavy atom. The van der Waals surface area contributed by atoms with Crippen molar-refractivity contribution in [1.29, 1.82) is 0 Å². The summed E-state index contributed by atoms with van der Waals surface area (Å²) in [6.07, 6.45) is 2.22. The van der Waals surface area contributed by atoms with Crippen molar-refractivity contribution < 1.29 is 9.53 Å². The van der Waals surface area contributed by atoms with E-state index < -0.39 is 0 Å². The number of amides is 1. The zero-order chi connectivity index (χ0) is 11.5. The summed E-state index contributed by atoms with van der Waals surface area (Å²) < 4.78 is 5.43. The highest BCUT2D eigenvalue weighted by atomic mass is 16.5. The van der Waals surface area contributed by atoms with Gasteiger partial charge in [0.1, 0.15) is 0 Å². The molecule has 0 aromatic heterocycles. The zero-order valence-electron chi connectivity index (χ0n) is 10.2. The Bertz CT molecular complexity index is 257. The van der Waals surface area contributed by atoms with Crippen LogP contribution in [0.5, 0.6) is 0 Å². The lowest BCUT2D eigenvalue weighted by Crippen LogP contribution is -2.50. The molecule has 1 saturated heterocycles. The maximum absolute atomic E-state index is 11.9. The Morgan fingerprint density at radius 2 is 2.38 bits per heavy atom. The number of rotatable bonds is 4. The van der Waals surface area contributed by atoms with E-state index in [1.165, 1.54) is 0 Å². The van der Waals surface area contributed by atoms with E-state index in [4.69, 9.17) is 4.74 Å². The van der Waals surface area contributed by atoms with Gasteiger partial charge in [-0.05, 0) is 32.2 Å². The lowest BCUT2D eigenvalue weighted by Gasteiger charge is -2.30. The number of ether oxygens (including phenoxy) is 1. The molecule has 1 aliphatic heterocycles. The fraction of sp³-hybridized carbons (Fsp3) is 0.917. The molecule has 0 aromatic carbocycles. The van der Waals surface area contributed by atoms with E-state index in [0.717, 1.165) is 25.9 Å². The average Bonchev–Trinajstić information content (AvgIpc) is 3.01. The first-order valence-corrected chi connectivity index (χ1v) is 6.35. The summed E-state index contributed by atoms with van der Waals surface area (Å²) in [5, 5.41) is 6.46. The second-order valence-electron chi connectivity index (χ2n) is 4.92. The van der Waals surface area contributed by atoms with Gasteiger partial charge in [0.15, 0.2) is 0 Å². The van der Waals surface area contributed by atoms with Crippen molar-refractivity contribution in [3.8, 4) is 0 Å². The first-order valence-electron chi connectivity index (χ1n) is 6.35. The number of nitrogens with one attached hydrogen (secondary N) is 2. The highest BCUT2D eigenvalue weighted by Gasteiger charge is 2.44. The Morgan fingerprint density at radius 1 is 1.56 bits per heavy atom. The van der Waals surface area contributed by atoms with Crippen molar-refractivity contribution in [1.82, 2.24) is 10.6 Å². The van der Waals surface area contributed by atoms with E-state index in [0.29, 0.717) is 18.6 Å². The molecule has 4 unspecified atom stereocenters. The molecule has 16 heavy (non-hydrogen) atoms. The first-order chi connectivity index (χ1) is 7.72. The summed E-state index contributed by atoms with van der Waals surface area (Å²) in [5.41, 5.74) is 0. The van der Waals surface area contributed by atoms with E-state index in [1.54, 1.807) is 0 Å². The van der Waals surface area contributed by atoms with Crippen LogP contribution in [-0.4, -0.2) is 37.7 Å². The topological polar surface area (TPSA) is 50.4 Å². The minimum atomic E-state index is 0.106. The molecular weight excluding hydrogens is 204 g/mol. The molecule has 2 fully saturated rings. The molecule has 2 N–H and O–H groups in total. The highest BCUT2D eigenvalue weighted by Crippen LogP contribution is 2.34. The second kappa shape index (κ2) is 5.15. The highest BCUT2D eigenvalue weighted by molar-refractivity contribution is 5.82. The summed E-state index contributed by atoms with van der Waals surface area (Å²) in [4.78, 5) is 11.9. The van der Waals surface area contributed by atoms with Gasteiger partial charge in [-0.3, -0.25) is 4.79 Å². The van der Waals surface area contributed by atoms with Gasteiger partial charge in [-0.15, -0.1) is 0 Å². The lowest BCUT2D eigenvalue weighted by molar-refractivity contribution is -0.124. The van der Waals surface area contributed by atoms with Gasteiger partial charge >= 0.3 is 0 Å². The van der Waals surface area contributed by atoms with Gasteiger partial charge in [0, 0.05) is 19.2 Å². The van der Waals surface area contributed by atoms with Crippen molar-refractivity contribution in [2.24, 2.45) is 11.8 Å². The van der Waals surface area contributed by atoms with Crippen LogP contribution in [0.3, 0.4) is 0 Å². The molecule has 0 radical (unpaired) electrons. The number of carbonyl (C=O) groups excluding carboxylic acids is 1. The summed E-state index contributed by atoms with van der Waals surface area (Å²) >= 11 is 0. The maximum Gasteiger partial charge on any atom is 0.226 e. The van der Waals surface area contributed by atoms with Crippen LogP contribution in [0.25, 0.3) is 0 Å². The smallest absolute Gasteiger partial charge is 0.226 e. The summed E-state index contributed by atoms with van der Waals surface area (Å²) in [5.74, 6) is 0.863. The predicted octanol–water partition coefficient (Wildman–Crippen LogP) is 0.526. The molecule has 0 bridgehead atoms. The standard InChI is InChI=1S/C12H22N2O2/c1-3-16-11-6-9(11)12(15)14-10-7-13-5-4-8(10)2/h8-11,13H,3-7H2,1-2H3,(H,14,15). The number of hydrogen-bond acceptors (Lipinski definition) is 3. The molecule has 4 heteroatoms. The van der Waals surface area contributed by atoms with E-state index in [9.17, 15) is 4.79 Å². The van der Waals surface area contributed by atoms with Crippen LogP contribution in [0.4, 0.5) is 0 Å². The number of carbonyl (C=O) groups is 1. The minimum absolute atomic E-state index is 0.106. The van der Waals surface area contributed by atoms with Crippen LogP contribution in [0, 0.1) is 11.8 Å². The molecule has 0 aromatic rings. The Hall–Kier alpha value is -0.610. The Balaban J connectivity index is 1.75. The molecule has 1 amide bonds. The van der Waals surface area contributed by atoms with Gasteiger partial charge in [-0.1, -0.05) is 6.92 Å². The molecule has 1 aliphatic carbocycles. The third kappa shape index (κ3) is 2.74. The maximum atomic E-state index is 11.9. The third-order valence-corrected chi connectivity index (χ3v) is 3.60. The van der Waals surface area contributed by atoms with Crippen molar-refractivity contribution in [3.05, 3.63) is 0 Å². The van der Waals surface area contributed by atoms with Gasteiger partial charge < -0.3 is 15.4 Å². The van der Waals surface area contributed by atoms with E-state index in [1.807, 2.05) is 6.92 Å². The second-order valence-corrected chi connectivity index (χ2v) is 4.92. The molecule has 2 aliphatic rings. The van der Waals surface area contributed by atoms with Crippen LogP contribution >= 0.6 is 0 Å². The van der Waals surface area contributed by atoms with Crippen molar-refractivity contribution in [2.45, 2.75) is 38.8 Å². The van der Waals surface area contributed by atoms with Gasteiger partial charge in [-0.2, -0.15) is 0 Å². The minimum Gasteiger partial charge on any atom is -0.378 e. The van der Waals surface area contributed by atoms with Crippen molar-refractivity contribution in [2.75, 3.05) is 19.7 Å². The third-order valence-electron chi connectivity index (χ3n) is 3.60. The molecule has 4 atom stereocenters. The summed E-state index contributed by atoms with van der Waals surface area (Å²) in [6.45, 7) is 6.85. The monoisotopic (exact) mass is 226 g/mol. The molecule has 4 nitrogen and oxygen atoms in total. The van der Waals surface area contributed by atoms with Crippen LogP contribution in [0.2, 0.25) is 0 Å². The average molecular weight is 226 g/mol. The Labute approximate surface area is 97.1 Å². The van der Waals surface area contributed by atoms with E-state index in [-0.39, 0.29) is 17.9 Å². The fourth-order valence-electron chi connectivity index (χ4n) is 2.32. The summed E-state index contributed by atoms with van der Waals surface area (Å²) in [7, 11) is 0. The molecule has 1 heterocycles. The normalized spacial score (nSPS) is 38.1. The lowest BCUT2D eigenvalue weighted by atomic mass is 9.95. The number of hydrogen-bond donors (Lipinski definition) is 2. The van der Waals surface area contributed by atoms with Gasteiger partial charge in [-0.25, -0.2) is 0 Å². The van der Waals surface area contributed by atoms with Gasteiger partial charge in [0.05, 0.1) is 12.0 Å². The van der Waals surface area contributed by atoms with Crippen molar-refractivity contribution >= 4 is 5.91 Å². The van der Waals surface area contributed by atoms with Crippen molar-refractivity contribution in [3.63, 3.8) is 0 Å². The largest absolute Gasteiger partial charge is 0.378 e.